The molecule has 8 heteroatoms. The first-order valence-corrected chi connectivity index (χ1v) is 12.3. The van der Waals surface area contributed by atoms with E-state index in [1.54, 1.807) is 49.4 Å². The summed E-state index contributed by atoms with van der Waals surface area (Å²) in [5, 5.41) is 25.2. The van der Waals surface area contributed by atoms with Gasteiger partial charge >= 0.3 is 0 Å². The molecule has 0 heterocycles. The van der Waals surface area contributed by atoms with Crippen molar-refractivity contribution >= 4 is 17.6 Å². The van der Waals surface area contributed by atoms with Crippen molar-refractivity contribution < 1.29 is 14.7 Å². The molecule has 2 amide bonds. The van der Waals surface area contributed by atoms with Crippen LogP contribution in [0.25, 0.3) is 0 Å². The zero-order valence-electron chi connectivity index (χ0n) is 21.5. The van der Waals surface area contributed by atoms with E-state index in [0.29, 0.717) is 25.1 Å². The number of carbonyl (C=O) groups excluding carboxylic acids is 2. The van der Waals surface area contributed by atoms with Gasteiger partial charge in [0.1, 0.15) is 17.6 Å². The molecular formula is C29H37N5O3. The summed E-state index contributed by atoms with van der Waals surface area (Å²) in [6, 6.07) is 23.8. The van der Waals surface area contributed by atoms with E-state index in [-0.39, 0.29) is 29.9 Å². The van der Waals surface area contributed by atoms with Crippen LogP contribution in [-0.4, -0.2) is 41.9 Å². The average molecular weight is 504 g/mol. The third kappa shape index (κ3) is 11.4. The fraction of sp³-hybridized carbons (Fsp3) is 0.276. The van der Waals surface area contributed by atoms with Crippen molar-refractivity contribution in [3.05, 3.63) is 101 Å². The smallest absolute Gasteiger partial charge is 0.242 e. The number of phenols is 1. The normalized spacial score (nSPS) is 11.0. The second-order valence-corrected chi connectivity index (χ2v) is 8.55. The molecule has 1 atom stereocenters. The number of nitrogens with one attached hydrogen (secondary N) is 4. The third-order valence-corrected chi connectivity index (χ3v) is 5.54. The monoisotopic (exact) mass is 503 g/mol. The first-order valence-electron chi connectivity index (χ1n) is 12.3. The predicted molar refractivity (Wildman–Crippen MR) is 147 cm³/mol. The fourth-order valence-electron chi connectivity index (χ4n) is 3.36. The van der Waals surface area contributed by atoms with E-state index >= 15 is 0 Å². The maximum absolute atomic E-state index is 12.1. The summed E-state index contributed by atoms with van der Waals surface area (Å²) in [6.07, 6.45) is 1.82. The van der Waals surface area contributed by atoms with Crippen molar-refractivity contribution in [2.24, 2.45) is 5.73 Å². The minimum absolute atomic E-state index is 0.00700. The van der Waals surface area contributed by atoms with E-state index < -0.39 is 6.04 Å². The van der Waals surface area contributed by atoms with Crippen molar-refractivity contribution in [1.82, 2.24) is 16.0 Å². The van der Waals surface area contributed by atoms with Crippen LogP contribution in [0.2, 0.25) is 0 Å². The molecule has 37 heavy (non-hydrogen) atoms. The van der Waals surface area contributed by atoms with Crippen LogP contribution in [-0.2, 0) is 29.0 Å². The molecule has 0 aliphatic rings. The summed E-state index contributed by atoms with van der Waals surface area (Å²) in [5.74, 6) is -0.342. The van der Waals surface area contributed by atoms with Gasteiger partial charge < -0.3 is 26.8 Å². The van der Waals surface area contributed by atoms with Crippen LogP contribution in [0.4, 0.5) is 0 Å². The minimum Gasteiger partial charge on any atom is -0.508 e. The van der Waals surface area contributed by atoms with Gasteiger partial charge in [0.15, 0.2) is 0 Å². The summed E-state index contributed by atoms with van der Waals surface area (Å²) < 4.78 is 0. The van der Waals surface area contributed by atoms with Crippen LogP contribution in [0.5, 0.6) is 5.75 Å². The SMILES string of the molecule is CC(NC(=O)CNCCc1cccc(O)c1)C(=O)NCc1ccc(C(=N)N)cc1.CCc1ccccc1. The Bertz CT molecular complexity index is 1130. The van der Waals surface area contributed by atoms with Crippen LogP contribution in [0.3, 0.4) is 0 Å². The standard InChI is InChI=1S/C21H27N5O3.C8H10/c1-14(21(29)25-12-16-5-7-17(8-6-16)20(22)23)26-19(28)13-24-10-9-15-3-2-4-18(27)11-15;1-2-8-6-4-3-5-7-8/h2-8,11,14,24,27H,9-10,12-13H2,1H3,(H3,22,23)(H,25,29)(H,26,28);3-7H,2H2,1H3. The lowest BCUT2D eigenvalue weighted by Crippen LogP contribution is -2.47. The summed E-state index contributed by atoms with van der Waals surface area (Å²) in [5.41, 5.74) is 9.29. The maximum atomic E-state index is 12.1. The van der Waals surface area contributed by atoms with Gasteiger partial charge in [0, 0.05) is 12.1 Å². The summed E-state index contributed by atoms with van der Waals surface area (Å²) in [6.45, 7) is 4.78. The van der Waals surface area contributed by atoms with E-state index in [9.17, 15) is 14.7 Å². The Morgan fingerprint density at radius 2 is 1.62 bits per heavy atom. The molecule has 3 aromatic rings. The Kier molecular flexibility index (Phi) is 12.4. The van der Waals surface area contributed by atoms with Crippen LogP contribution in [0.15, 0.2) is 78.9 Å². The Balaban J connectivity index is 0.000000510. The van der Waals surface area contributed by atoms with E-state index in [1.165, 1.54) is 5.56 Å². The first kappa shape index (κ1) is 29.1. The number of benzene rings is 3. The highest BCUT2D eigenvalue weighted by Crippen LogP contribution is 2.10. The molecule has 1 unspecified atom stereocenters. The summed E-state index contributed by atoms with van der Waals surface area (Å²) >= 11 is 0. The van der Waals surface area contributed by atoms with Crippen molar-refractivity contribution in [3.8, 4) is 5.75 Å². The van der Waals surface area contributed by atoms with E-state index in [4.69, 9.17) is 11.1 Å². The maximum Gasteiger partial charge on any atom is 0.242 e. The average Bonchev–Trinajstić information content (AvgIpc) is 2.90. The van der Waals surface area contributed by atoms with Crippen molar-refractivity contribution in [2.45, 2.75) is 39.3 Å². The van der Waals surface area contributed by atoms with E-state index in [2.05, 4.69) is 47.1 Å². The summed E-state index contributed by atoms with van der Waals surface area (Å²) in [7, 11) is 0. The molecule has 0 saturated carbocycles. The van der Waals surface area contributed by atoms with Gasteiger partial charge in [-0.15, -0.1) is 0 Å². The number of carbonyl (C=O) groups is 2. The second kappa shape index (κ2) is 15.7. The van der Waals surface area contributed by atoms with Gasteiger partial charge in [-0.2, -0.15) is 0 Å². The van der Waals surface area contributed by atoms with Gasteiger partial charge in [0.25, 0.3) is 0 Å². The molecular weight excluding hydrogens is 466 g/mol. The number of aryl methyl sites for hydroxylation is 1. The molecule has 0 saturated heterocycles. The number of nitrogen functional groups attached to an aromatic ring is 1. The molecule has 0 radical (unpaired) electrons. The zero-order valence-corrected chi connectivity index (χ0v) is 21.5. The molecule has 3 rings (SSSR count). The Hall–Kier alpha value is -4.17. The molecule has 0 aromatic heterocycles. The Morgan fingerprint density at radius 3 is 2.22 bits per heavy atom. The van der Waals surface area contributed by atoms with Crippen LogP contribution in [0.1, 0.15) is 36.1 Å². The highest BCUT2D eigenvalue weighted by atomic mass is 16.3. The van der Waals surface area contributed by atoms with Crippen LogP contribution >= 0.6 is 0 Å². The predicted octanol–water partition coefficient (Wildman–Crippen LogP) is 2.88. The highest BCUT2D eigenvalue weighted by molar-refractivity contribution is 5.94. The number of nitrogens with two attached hydrogens (primary N) is 1. The number of aromatic hydroxyl groups is 1. The van der Waals surface area contributed by atoms with Gasteiger partial charge in [-0.3, -0.25) is 15.0 Å². The van der Waals surface area contributed by atoms with Crippen molar-refractivity contribution in [1.29, 1.82) is 5.41 Å². The number of rotatable bonds is 11. The topological polar surface area (TPSA) is 140 Å². The zero-order chi connectivity index (χ0) is 27.0. The molecule has 3 aromatic carbocycles. The van der Waals surface area contributed by atoms with E-state index in [1.807, 2.05) is 12.1 Å². The minimum atomic E-state index is -0.660. The van der Waals surface area contributed by atoms with Gasteiger partial charge in [0.2, 0.25) is 11.8 Å². The number of amides is 2. The fourth-order valence-corrected chi connectivity index (χ4v) is 3.36. The molecule has 0 fully saturated rings. The summed E-state index contributed by atoms with van der Waals surface area (Å²) in [4.78, 5) is 24.1. The quantitative estimate of drug-likeness (QED) is 0.136. The molecule has 8 nitrogen and oxygen atoms in total. The van der Waals surface area contributed by atoms with Gasteiger partial charge in [-0.1, -0.05) is 73.7 Å². The second-order valence-electron chi connectivity index (χ2n) is 8.55. The number of hydrogen-bond acceptors (Lipinski definition) is 5. The molecule has 0 bridgehead atoms. The molecule has 0 aliphatic heterocycles. The lowest BCUT2D eigenvalue weighted by molar-refractivity contribution is -0.128. The molecule has 196 valence electrons. The molecule has 0 spiro atoms. The van der Waals surface area contributed by atoms with Gasteiger partial charge in [-0.05, 0) is 55.1 Å². The van der Waals surface area contributed by atoms with Gasteiger partial charge in [-0.25, -0.2) is 0 Å². The van der Waals surface area contributed by atoms with Gasteiger partial charge in [0.05, 0.1) is 6.54 Å². The lowest BCUT2D eigenvalue weighted by Gasteiger charge is -2.14. The number of amidine groups is 1. The third-order valence-electron chi connectivity index (χ3n) is 5.54. The van der Waals surface area contributed by atoms with Crippen LogP contribution < -0.4 is 21.7 Å². The lowest BCUT2D eigenvalue weighted by atomic mass is 10.1. The first-order chi connectivity index (χ1) is 17.8. The number of hydrogen-bond donors (Lipinski definition) is 6. The van der Waals surface area contributed by atoms with Crippen molar-refractivity contribution in [3.63, 3.8) is 0 Å². The Morgan fingerprint density at radius 1 is 0.946 bits per heavy atom. The largest absolute Gasteiger partial charge is 0.508 e. The highest BCUT2D eigenvalue weighted by Gasteiger charge is 2.15. The molecule has 0 aliphatic carbocycles. The Labute approximate surface area is 218 Å². The van der Waals surface area contributed by atoms with Crippen LogP contribution in [0, 0.1) is 5.41 Å². The van der Waals surface area contributed by atoms with Crippen molar-refractivity contribution in [2.75, 3.05) is 13.1 Å². The molecule has 7 N–H and O–H groups in total. The number of phenolic OH excluding ortho intramolecular Hbond substituents is 1. The van der Waals surface area contributed by atoms with E-state index in [0.717, 1.165) is 17.5 Å².